The second-order valence-corrected chi connectivity index (χ2v) is 6.12. The van der Waals surface area contributed by atoms with Gasteiger partial charge >= 0.3 is 6.18 Å². The fraction of sp³-hybridized carbons (Fsp3) is 0.588. The summed E-state index contributed by atoms with van der Waals surface area (Å²) in [6, 6.07) is 5.37. The third kappa shape index (κ3) is 5.11. The van der Waals surface area contributed by atoms with Crippen LogP contribution in [-0.4, -0.2) is 19.5 Å². The van der Waals surface area contributed by atoms with Gasteiger partial charge in [-0.1, -0.05) is 31.4 Å². The summed E-state index contributed by atoms with van der Waals surface area (Å²) in [5, 5.41) is 5.92. The number of halogens is 4. The summed E-state index contributed by atoms with van der Waals surface area (Å²) in [7, 11) is 1.76. The van der Waals surface area contributed by atoms with E-state index < -0.39 is 17.3 Å². The summed E-state index contributed by atoms with van der Waals surface area (Å²) >= 11 is 0. The molecule has 0 unspecified atom stereocenters. The zero-order valence-electron chi connectivity index (χ0n) is 13.7. The van der Waals surface area contributed by atoms with Gasteiger partial charge in [0.2, 0.25) is 5.91 Å². The Morgan fingerprint density at radius 2 is 1.88 bits per heavy atom. The molecule has 1 aliphatic carbocycles. The Morgan fingerprint density at radius 3 is 2.46 bits per heavy atom. The number of hydrogen-bond donors (Lipinski definition) is 2. The molecule has 0 atom stereocenters. The summed E-state index contributed by atoms with van der Waals surface area (Å²) in [4.78, 5) is 12.2. The fourth-order valence-corrected chi connectivity index (χ4v) is 3.20. The molecule has 1 aromatic carbocycles. The lowest BCUT2D eigenvalue weighted by atomic mass is 9.76. The van der Waals surface area contributed by atoms with Crippen molar-refractivity contribution in [1.29, 1.82) is 0 Å². The van der Waals surface area contributed by atoms with Crippen LogP contribution in [0.15, 0.2) is 24.3 Å². The fourth-order valence-electron chi connectivity index (χ4n) is 3.20. The van der Waals surface area contributed by atoms with Crippen molar-refractivity contribution in [3.8, 4) is 0 Å². The van der Waals surface area contributed by atoms with Crippen molar-refractivity contribution < 1.29 is 18.0 Å². The standard InChI is InChI=1S/C17H23F3N2O.ClH/c1-21-11-8-15(23)22-16(9-3-2-4-10-16)13-6-5-7-14(12-13)17(18,19)20;/h5-7,12,21H,2-4,8-11H2,1H3,(H,22,23);1H. The van der Waals surface area contributed by atoms with Crippen molar-refractivity contribution in [3.63, 3.8) is 0 Å². The molecule has 0 aromatic heterocycles. The molecule has 2 N–H and O–H groups in total. The van der Waals surface area contributed by atoms with Gasteiger partial charge in [-0.3, -0.25) is 4.79 Å². The molecule has 0 radical (unpaired) electrons. The molecule has 2 rings (SSSR count). The first-order chi connectivity index (χ1) is 10.9. The highest BCUT2D eigenvalue weighted by Gasteiger charge is 2.37. The predicted octanol–water partition coefficient (Wildman–Crippen LogP) is 4.01. The maximum absolute atomic E-state index is 13.0. The molecular weight excluding hydrogens is 341 g/mol. The van der Waals surface area contributed by atoms with Crippen molar-refractivity contribution in [2.75, 3.05) is 13.6 Å². The number of carbonyl (C=O) groups is 1. The first kappa shape index (κ1) is 20.8. The van der Waals surface area contributed by atoms with Crippen molar-refractivity contribution in [3.05, 3.63) is 35.4 Å². The number of carbonyl (C=O) groups excluding carboxylic acids is 1. The van der Waals surface area contributed by atoms with E-state index in [4.69, 9.17) is 0 Å². The number of benzene rings is 1. The van der Waals surface area contributed by atoms with Crippen LogP contribution in [0, 0.1) is 0 Å². The van der Waals surface area contributed by atoms with Crippen LogP contribution in [0.25, 0.3) is 0 Å². The van der Waals surface area contributed by atoms with Gasteiger partial charge < -0.3 is 10.6 Å². The molecule has 3 nitrogen and oxygen atoms in total. The number of rotatable bonds is 5. The Bertz CT molecular complexity index is 543. The monoisotopic (exact) mass is 364 g/mol. The normalized spacial score (nSPS) is 17.0. The van der Waals surface area contributed by atoms with Crippen LogP contribution in [0.3, 0.4) is 0 Å². The SMILES string of the molecule is CNCCC(=O)NC1(c2cccc(C(F)(F)F)c2)CCCCC1.Cl. The van der Waals surface area contributed by atoms with E-state index in [9.17, 15) is 18.0 Å². The summed E-state index contributed by atoms with van der Waals surface area (Å²) < 4.78 is 39.0. The molecule has 136 valence electrons. The first-order valence-electron chi connectivity index (χ1n) is 8.01. The molecular formula is C17H24ClF3N2O. The molecule has 0 spiro atoms. The van der Waals surface area contributed by atoms with Gasteiger partial charge in [0.1, 0.15) is 0 Å². The van der Waals surface area contributed by atoms with Gasteiger partial charge in [0.05, 0.1) is 11.1 Å². The summed E-state index contributed by atoms with van der Waals surface area (Å²) in [6.07, 6.45) is 0.163. The molecule has 0 bridgehead atoms. The molecule has 0 saturated heterocycles. The average Bonchev–Trinajstić information content (AvgIpc) is 2.53. The summed E-state index contributed by atoms with van der Waals surface area (Å²) in [5.74, 6) is -0.126. The highest BCUT2D eigenvalue weighted by molar-refractivity contribution is 5.85. The van der Waals surface area contributed by atoms with Crippen molar-refractivity contribution in [2.24, 2.45) is 0 Å². The van der Waals surface area contributed by atoms with E-state index in [2.05, 4.69) is 10.6 Å². The predicted molar refractivity (Wildman–Crippen MR) is 90.1 cm³/mol. The van der Waals surface area contributed by atoms with E-state index in [-0.39, 0.29) is 18.3 Å². The molecule has 7 heteroatoms. The first-order valence-corrected chi connectivity index (χ1v) is 8.01. The minimum atomic E-state index is -4.37. The average molecular weight is 365 g/mol. The molecule has 1 aromatic rings. The number of amides is 1. The van der Waals surface area contributed by atoms with Crippen molar-refractivity contribution in [1.82, 2.24) is 10.6 Å². The zero-order chi connectivity index (χ0) is 16.9. The zero-order valence-corrected chi connectivity index (χ0v) is 14.5. The van der Waals surface area contributed by atoms with E-state index in [1.54, 1.807) is 13.1 Å². The van der Waals surface area contributed by atoms with Gasteiger partial charge in [-0.25, -0.2) is 0 Å². The van der Waals surface area contributed by atoms with Gasteiger partial charge in [-0.05, 0) is 37.6 Å². The lowest BCUT2D eigenvalue weighted by Gasteiger charge is -2.39. The number of alkyl halides is 3. The lowest BCUT2D eigenvalue weighted by Crippen LogP contribution is -2.47. The lowest BCUT2D eigenvalue weighted by molar-refractivity contribution is -0.137. The summed E-state index contributed by atoms with van der Waals surface area (Å²) in [6.45, 7) is 0.546. The minimum Gasteiger partial charge on any atom is -0.347 e. The Balaban J connectivity index is 0.00000288. The van der Waals surface area contributed by atoms with Crippen LogP contribution >= 0.6 is 12.4 Å². The van der Waals surface area contributed by atoms with Crippen LogP contribution in [-0.2, 0) is 16.5 Å². The Hall–Kier alpha value is -1.27. The molecule has 1 aliphatic rings. The topological polar surface area (TPSA) is 41.1 Å². The Kier molecular flexibility index (Phi) is 7.55. The molecule has 1 saturated carbocycles. The maximum atomic E-state index is 13.0. The summed E-state index contributed by atoms with van der Waals surface area (Å²) in [5.41, 5.74) is -0.779. The number of nitrogens with one attached hydrogen (secondary N) is 2. The van der Waals surface area contributed by atoms with Gasteiger partial charge in [0.15, 0.2) is 0 Å². The molecule has 24 heavy (non-hydrogen) atoms. The molecule has 1 amide bonds. The van der Waals surface area contributed by atoms with Gasteiger partial charge in [-0.15, -0.1) is 12.4 Å². The molecule has 0 aliphatic heterocycles. The third-order valence-corrected chi connectivity index (χ3v) is 4.43. The molecule has 1 fully saturated rings. The largest absolute Gasteiger partial charge is 0.416 e. The third-order valence-electron chi connectivity index (χ3n) is 4.43. The van der Waals surface area contributed by atoms with Crippen molar-refractivity contribution >= 4 is 18.3 Å². The Labute approximate surface area is 146 Å². The van der Waals surface area contributed by atoms with Crippen LogP contribution in [0.1, 0.15) is 49.7 Å². The number of hydrogen-bond acceptors (Lipinski definition) is 2. The smallest absolute Gasteiger partial charge is 0.347 e. The van der Waals surface area contributed by atoms with E-state index in [1.165, 1.54) is 12.1 Å². The maximum Gasteiger partial charge on any atom is 0.416 e. The van der Waals surface area contributed by atoms with E-state index in [1.807, 2.05) is 0 Å². The van der Waals surface area contributed by atoms with Crippen LogP contribution in [0.4, 0.5) is 13.2 Å². The van der Waals surface area contributed by atoms with E-state index in [0.29, 0.717) is 31.4 Å². The quantitative estimate of drug-likeness (QED) is 0.828. The van der Waals surface area contributed by atoms with Crippen molar-refractivity contribution in [2.45, 2.75) is 50.2 Å². The van der Waals surface area contributed by atoms with E-state index in [0.717, 1.165) is 25.3 Å². The minimum absolute atomic E-state index is 0. The Morgan fingerprint density at radius 1 is 1.21 bits per heavy atom. The van der Waals surface area contributed by atoms with Gasteiger partial charge in [-0.2, -0.15) is 13.2 Å². The van der Waals surface area contributed by atoms with E-state index >= 15 is 0 Å². The molecule has 0 heterocycles. The second-order valence-electron chi connectivity index (χ2n) is 6.12. The highest BCUT2D eigenvalue weighted by Crippen LogP contribution is 2.39. The van der Waals surface area contributed by atoms with Crippen LogP contribution < -0.4 is 10.6 Å². The van der Waals surface area contributed by atoms with Crippen LogP contribution in [0.5, 0.6) is 0 Å². The van der Waals surface area contributed by atoms with Gasteiger partial charge in [0.25, 0.3) is 0 Å². The van der Waals surface area contributed by atoms with Crippen LogP contribution in [0.2, 0.25) is 0 Å². The van der Waals surface area contributed by atoms with Gasteiger partial charge in [0, 0.05) is 13.0 Å². The highest BCUT2D eigenvalue weighted by atomic mass is 35.5. The second kappa shape index (κ2) is 8.72.